The summed E-state index contributed by atoms with van der Waals surface area (Å²) < 4.78 is 16.5. The van der Waals surface area contributed by atoms with E-state index in [9.17, 15) is 4.79 Å². The van der Waals surface area contributed by atoms with E-state index in [-0.39, 0.29) is 11.8 Å². The van der Waals surface area contributed by atoms with Crippen molar-refractivity contribution in [2.45, 2.75) is 20.3 Å². The van der Waals surface area contributed by atoms with Crippen LogP contribution in [0.2, 0.25) is 0 Å². The first kappa shape index (κ1) is 19.4. The molecule has 0 radical (unpaired) electrons. The van der Waals surface area contributed by atoms with Crippen molar-refractivity contribution in [2.24, 2.45) is 0 Å². The molecule has 0 atom stereocenters. The third-order valence-electron chi connectivity index (χ3n) is 4.40. The highest BCUT2D eigenvalue weighted by Gasteiger charge is 2.16. The maximum Gasteiger partial charge on any atom is 0.283 e. The Labute approximate surface area is 172 Å². The van der Waals surface area contributed by atoms with E-state index in [2.05, 4.69) is 20.5 Å². The summed E-state index contributed by atoms with van der Waals surface area (Å²) in [6.45, 7) is 4.38. The molecule has 152 valence electrons. The average Bonchev–Trinajstić information content (AvgIpc) is 3.46. The first-order valence-corrected chi connectivity index (χ1v) is 9.58. The van der Waals surface area contributed by atoms with Crippen LogP contribution in [-0.2, 0) is 6.42 Å². The van der Waals surface area contributed by atoms with E-state index >= 15 is 0 Å². The molecule has 0 aliphatic heterocycles. The zero-order valence-electron chi connectivity index (χ0n) is 16.6. The second-order valence-electron chi connectivity index (χ2n) is 6.39. The summed E-state index contributed by atoms with van der Waals surface area (Å²) >= 11 is 0. The van der Waals surface area contributed by atoms with Crippen LogP contribution in [0.3, 0.4) is 0 Å². The molecule has 3 aromatic heterocycles. The summed E-state index contributed by atoms with van der Waals surface area (Å²) in [5.74, 6) is 1.64. The molecular weight excluding hydrogens is 384 g/mol. The number of nitrogens with zero attached hydrogens (tertiary/aromatic N) is 3. The number of carbonyl (C=O) groups is 1. The van der Waals surface area contributed by atoms with Gasteiger partial charge in [-0.05, 0) is 55.3 Å². The molecule has 4 aromatic rings. The Balaban J connectivity index is 1.57. The van der Waals surface area contributed by atoms with Gasteiger partial charge in [-0.3, -0.25) is 4.79 Å². The van der Waals surface area contributed by atoms with Gasteiger partial charge in [0.2, 0.25) is 5.89 Å². The standard InChI is InChI=1S/C22H20N4O4/c1-3-14-7-8-17(28-4-2)16(12-14)20(27)24-19-13-15(9-10-23-19)21-25-26-22(30-21)18-6-5-11-29-18/h5-13H,3-4H2,1-2H3,(H,23,24,27). The van der Waals surface area contributed by atoms with Gasteiger partial charge in [-0.25, -0.2) is 4.98 Å². The molecule has 0 saturated carbocycles. The Morgan fingerprint density at radius 3 is 2.73 bits per heavy atom. The molecule has 4 rings (SSSR count). The van der Waals surface area contributed by atoms with E-state index in [1.807, 2.05) is 32.0 Å². The van der Waals surface area contributed by atoms with Gasteiger partial charge in [-0.2, -0.15) is 0 Å². The minimum atomic E-state index is -0.305. The van der Waals surface area contributed by atoms with Gasteiger partial charge >= 0.3 is 0 Å². The van der Waals surface area contributed by atoms with Crippen LogP contribution in [0.25, 0.3) is 23.1 Å². The van der Waals surface area contributed by atoms with Crippen molar-refractivity contribution >= 4 is 11.7 Å². The third kappa shape index (κ3) is 4.07. The van der Waals surface area contributed by atoms with Crippen LogP contribution >= 0.6 is 0 Å². The summed E-state index contributed by atoms with van der Waals surface area (Å²) in [6.07, 6.45) is 3.91. The van der Waals surface area contributed by atoms with E-state index in [4.69, 9.17) is 13.6 Å². The van der Waals surface area contributed by atoms with Crippen LogP contribution in [0, 0.1) is 0 Å². The van der Waals surface area contributed by atoms with Gasteiger partial charge in [0, 0.05) is 11.8 Å². The van der Waals surface area contributed by atoms with Crippen molar-refractivity contribution in [3.05, 3.63) is 66.1 Å². The Hall–Kier alpha value is -3.94. The summed E-state index contributed by atoms with van der Waals surface area (Å²) in [4.78, 5) is 17.1. The van der Waals surface area contributed by atoms with Crippen LogP contribution in [-0.4, -0.2) is 27.7 Å². The topological polar surface area (TPSA) is 103 Å². The molecule has 1 N–H and O–H groups in total. The lowest BCUT2D eigenvalue weighted by Crippen LogP contribution is -2.15. The minimum absolute atomic E-state index is 0.273. The number of amides is 1. The largest absolute Gasteiger partial charge is 0.493 e. The van der Waals surface area contributed by atoms with Gasteiger partial charge < -0.3 is 18.9 Å². The zero-order valence-corrected chi connectivity index (χ0v) is 16.6. The molecule has 1 aromatic carbocycles. The predicted molar refractivity (Wildman–Crippen MR) is 110 cm³/mol. The number of hydrogen-bond acceptors (Lipinski definition) is 7. The second kappa shape index (κ2) is 8.60. The van der Waals surface area contributed by atoms with Crippen LogP contribution in [0.4, 0.5) is 5.82 Å². The van der Waals surface area contributed by atoms with Crippen molar-refractivity contribution < 1.29 is 18.4 Å². The van der Waals surface area contributed by atoms with Crippen molar-refractivity contribution in [2.75, 3.05) is 11.9 Å². The molecule has 0 spiro atoms. The number of aryl methyl sites for hydroxylation is 1. The summed E-state index contributed by atoms with van der Waals surface area (Å²) in [7, 11) is 0. The number of pyridine rings is 1. The fourth-order valence-corrected chi connectivity index (χ4v) is 2.91. The van der Waals surface area contributed by atoms with Crippen molar-refractivity contribution in [1.29, 1.82) is 0 Å². The molecule has 0 saturated heterocycles. The molecule has 0 aliphatic carbocycles. The van der Waals surface area contributed by atoms with Crippen LogP contribution in [0.1, 0.15) is 29.8 Å². The third-order valence-corrected chi connectivity index (χ3v) is 4.40. The smallest absolute Gasteiger partial charge is 0.283 e. The highest BCUT2D eigenvalue weighted by Crippen LogP contribution is 2.26. The predicted octanol–water partition coefficient (Wildman–Crippen LogP) is 4.61. The first-order chi connectivity index (χ1) is 14.7. The van der Waals surface area contributed by atoms with E-state index in [0.29, 0.717) is 41.0 Å². The number of aromatic nitrogens is 3. The Morgan fingerprint density at radius 1 is 1.10 bits per heavy atom. The minimum Gasteiger partial charge on any atom is -0.493 e. The SMILES string of the molecule is CCOc1ccc(CC)cc1C(=O)Nc1cc(-c2nnc(-c3ccco3)o2)ccn1. The number of nitrogens with one attached hydrogen (secondary N) is 1. The Kier molecular flexibility index (Phi) is 5.56. The fourth-order valence-electron chi connectivity index (χ4n) is 2.91. The number of ether oxygens (including phenoxy) is 1. The maximum atomic E-state index is 12.9. The number of carbonyl (C=O) groups excluding carboxylic acids is 1. The lowest BCUT2D eigenvalue weighted by molar-refractivity contribution is 0.102. The van der Waals surface area contributed by atoms with E-state index in [1.54, 1.807) is 30.5 Å². The molecule has 0 aliphatic rings. The second-order valence-corrected chi connectivity index (χ2v) is 6.39. The molecule has 8 heteroatoms. The number of anilines is 1. The lowest BCUT2D eigenvalue weighted by atomic mass is 10.1. The van der Waals surface area contributed by atoms with Crippen LogP contribution < -0.4 is 10.1 Å². The monoisotopic (exact) mass is 404 g/mol. The Morgan fingerprint density at radius 2 is 1.97 bits per heavy atom. The quantitative estimate of drug-likeness (QED) is 0.480. The van der Waals surface area contributed by atoms with Gasteiger partial charge in [-0.15, -0.1) is 10.2 Å². The number of furan rings is 1. The number of hydrogen-bond donors (Lipinski definition) is 1. The number of benzene rings is 1. The van der Waals surface area contributed by atoms with Gasteiger partial charge in [0.15, 0.2) is 5.76 Å². The zero-order chi connectivity index (χ0) is 20.9. The normalized spacial score (nSPS) is 10.7. The number of rotatable bonds is 7. The van der Waals surface area contributed by atoms with Crippen molar-refractivity contribution in [1.82, 2.24) is 15.2 Å². The van der Waals surface area contributed by atoms with E-state index in [0.717, 1.165) is 12.0 Å². The van der Waals surface area contributed by atoms with Crippen LogP contribution in [0.5, 0.6) is 5.75 Å². The summed E-state index contributed by atoms with van der Waals surface area (Å²) in [5, 5.41) is 10.8. The molecule has 0 unspecified atom stereocenters. The summed E-state index contributed by atoms with van der Waals surface area (Å²) in [5.41, 5.74) is 2.13. The molecule has 1 amide bonds. The van der Waals surface area contributed by atoms with Crippen LogP contribution in [0.15, 0.2) is 63.8 Å². The molecule has 8 nitrogen and oxygen atoms in total. The van der Waals surface area contributed by atoms with E-state index < -0.39 is 0 Å². The first-order valence-electron chi connectivity index (χ1n) is 9.58. The van der Waals surface area contributed by atoms with Gasteiger partial charge in [0.05, 0.1) is 18.4 Å². The van der Waals surface area contributed by atoms with Gasteiger partial charge in [0.25, 0.3) is 11.8 Å². The molecule has 3 heterocycles. The lowest BCUT2D eigenvalue weighted by Gasteiger charge is -2.12. The van der Waals surface area contributed by atoms with Crippen molar-refractivity contribution in [3.8, 4) is 28.9 Å². The van der Waals surface area contributed by atoms with Gasteiger partial charge in [-0.1, -0.05) is 13.0 Å². The summed E-state index contributed by atoms with van der Waals surface area (Å²) in [6, 6.07) is 12.5. The molecule has 30 heavy (non-hydrogen) atoms. The van der Waals surface area contributed by atoms with Gasteiger partial charge in [0.1, 0.15) is 11.6 Å². The van der Waals surface area contributed by atoms with E-state index in [1.165, 1.54) is 6.26 Å². The fraction of sp³-hybridized carbons (Fsp3) is 0.182. The van der Waals surface area contributed by atoms with Crippen molar-refractivity contribution in [3.63, 3.8) is 0 Å². The highest BCUT2D eigenvalue weighted by molar-refractivity contribution is 6.06. The average molecular weight is 404 g/mol. The Bertz CT molecular complexity index is 1150. The molecule has 0 fully saturated rings. The highest BCUT2D eigenvalue weighted by atomic mass is 16.5. The maximum absolute atomic E-state index is 12.9. The molecular formula is C22H20N4O4. The molecule has 0 bridgehead atoms.